The highest BCUT2D eigenvalue weighted by Gasteiger charge is 2.32. The number of nitriles is 1. The fourth-order valence-corrected chi connectivity index (χ4v) is 5.74. The van der Waals surface area contributed by atoms with Crippen molar-refractivity contribution in [3.63, 3.8) is 0 Å². The molecule has 0 spiro atoms. The molecule has 0 aliphatic carbocycles. The first-order valence-electron chi connectivity index (χ1n) is 12.2. The Kier molecular flexibility index (Phi) is 9.02. The van der Waals surface area contributed by atoms with E-state index in [2.05, 4.69) is 0 Å². The van der Waals surface area contributed by atoms with Crippen molar-refractivity contribution in [1.29, 1.82) is 5.26 Å². The van der Waals surface area contributed by atoms with E-state index in [0.29, 0.717) is 20.7 Å². The molecule has 0 radical (unpaired) electrons. The van der Waals surface area contributed by atoms with Crippen LogP contribution in [0.15, 0.2) is 64.3 Å². The minimum absolute atomic E-state index is 0.0105. The number of benzene rings is 2. The van der Waals surface area contributed by atoms with Gasteiger partial charge in [-0.1, -0.05) is 78.0 Å². The fourth-order valence-electron chi connectivity index (χ4n) is 4.30. The van der Waals surface area contributed by atoms with Gasteiger partial charge in [0.05, 0.1) is 10.5 Å². The third-order valence-corrected chi connectivity index (χ3v) is 8.00. The van der Waals surface area contributed by atoms with Gasteiger partial charge in [-0.2, -0.15) is 5.26 Å². The SMILES string of the molecule is Cc1c(C(=O)CCCN2C(=O)/C(=C/c3ccc(Cl)cc3)SC2=S)c(O)n(CCc2ccccc2)c(=O)c1C#N. The molecule has 2 aromatic carbocycles. The molecule has 1 fully saturated rings. The Morgan fingerprint density at radius 3 is 2.49 bits per heavy atom. The summed E-state index contributed by atoms with van der Waals surface area (Å²) < 4.78 is 1.47. The number of Topliss-reactive ketones (excluding diaryl/α,β-unsaturated/α-hetero) is 1. The quantitative estimate of drug-likeness (QED) is 0.204. The molecule has 0 bridgehead atoms. The van der Waals surface area contributed by atoms with Crippen molar-refractivity contribution < 1.29 is 14.7 Å². The number of carbonyl (C=O) groups is 2. The van der Waals surface area contributed by atoms with E-state index in [1.165, 1.54) is 23.6 Å². The molecule has 0 unspecified atom stereocenters. The summed E-state index contributed by atoms with van der Waals surface area (Å²) in [6.07, 6.45) is 2.45. The molecular weight excluding hydrogens is 554 g/mol. The number of hydrogen-bond acceptors (Lipinski definition) is 7. The first kappa shape index (κ1) is 28.3. The summed E-state index contributed by atoms with van der Waals surface area (Å²) >= 11 is 12.5. The van der Waals surface area contributed by atoms with Crippen LogP contribution in [0.5, 0.6) is 5.88 Å². The molecule has 1 aliphatic rings. The van der Waals surface area contributed by atoms with Gasteiger partial charge in [0.15, 0.2) is 5.78 Å². The van der Waals surface area contributed by atoms with E-state index in [1.807, 2.05) is 36.4 Å². The predicted molar refractivity (Wildman–Crippen MR) is 157 cm³/mol. The second-order valence-corrected chi connectivity index (χ2v) is 11.0. The van der Waals surface area contributed by atoms with Crippen LogP contribution in [-0.4, -0.2) is 37.1 Å². The fraction of sp³-hybridized carbons (Fsp3) is 0.207. The number of pyridine rings is 1. The summed E-state index contributed by atoms with van der Waals surface area (Å²) in [5.74, 6) is -1.11. The number of aromatic nitrogens is 1. The van der Waals surface area contributed by atoms with Gasteiger partial charge >= 0.3 is 0 Å². The molecule has 1 saturated heterocycles. The van der Waals surface area contributed by atoms with E-state index in [9.17, 15) is 24.8 Å². The smallest absolute Gasteiger partial charge is 0.271 e. The number of thiocarbonyl (C=S) groups is 1. The Morgan fingerprint density at radius 2 is 1.82 bits per heavy atom. The maximum atomic E-state index is 13.2. The molecule has 39 heavy (non-hydrogen) atoms. The number of thioether (sulfide) groups is 1. The minimum Gasteiger partial charge on any atom is -0.494 e. The molecule has 10 heteroatoms. The molecule has 4 rings (SSSR count). The summed E-state index contributed by atoms with van der Waals surface area (Å²) in [6.45, 7) is 1.81. The summed E-state index contributed by atoms with van der Waals surface area (Å²) in [4.78, 5) is 40.9. The Bertz CT molecular complexity index is 1580. The highest BCUT2D eigenvalue weighted by Crippen LogP contribution is 2.33. The maximum absolute atomic E-state index is 13.2. The van der Waals surface area contributed by atoms with Crippen LogP contribution in [0.2, 0.25) is 5.02 Å². The third kappa shape index (κ3) is 6.31. The average molecular weight is 578 g/mol. The second kappa shape index (κ2) is 12.4. The molecule has 1 aliphatic heterocycles. The van der Waals surface area contributed by atoms with Crippen LogP contribution < -0.4 is 5.56 Å². The van der Waals surface area contributed by atoms with Crippen molar-refractivity contribution in [1.82, 2.24) is 9.47 Å². The molecule has 2 heterocycles. The molecule has 0 saturated carbocycles. The first-order chi connectivity index (χ1) is 18.7. The number of amides is 1. The lowest BCUT2D eigenvalue weighted by molar-refractivity contribution is -0.122. The van der Waals surface area contributed by atoms with E-state index in [1.54, 1.807) is 30.3 Å². The van der Waals surface area contributed by atoms with Gasteiger partial charge in [0.2, 0.25) is 5.88 Å². The van der Waals surface area contributed by atoms with Crippen LogP contribution in [0.4, 0.5) is 0 Å². The zero-order valence-corrected chi connectivity index (χ0v) is 23.4. The number of hydrogen-bond donors (Lipinski definition) is 1. The number of carbonyl (C=O) groups excluding carboxylic acids is 2. The topological polar surface area (TPSA) is 103 Å². The monoisotopic (exact) mass is 577 g/mol. The Balaban J connectivity index is 1.47. The van der Waals surface area contributed by atoms with Crippen LogP contribution in [0.1, 0.15) is 45.5 Å². The van der Waals surface area contributed by atoms with Gasteiger partial charge in [-0.3, -0.25) is 23.9 Å². The van der Waals surface area contributed by atoms with Gasteiger partial charge < -0.3 is 5.11 Å². The Morgan fingerprint density at radius 1 is 1.13 bits per heavy atom. The van der Waals surface area contributed by atoms with Crippen molar-refractivity contribution in [2.45, 2.75) is 32.7 Å². The number of nitrogens with zero attached hydrogens (tertiary/aromatic N) is 3. The van der Waals surface area contributed by atoms with Crippen molar-refractivity contribution in [2.24, 2.45) is 0 Å². The van der Waals surface area contributed by atoms with E-state index < -0.39 is 17.2 Å². The van der Waals surface area contributed by atoms with Gasteiger partial charge in [0.25, 0.3) is 11.5 Å². The number of halogens is 1. The van der Waals surface area contributed by atoms with Gasteiger partial charge in [-0.25, -0.2) is 0 Å². The normalized spacial score (nSPS) is 14.2. The summed E-state index contributed by atoms with van der Waals surface area (Å²) in [6, 6.07) is 18.4. The van der Waals surface area contributed by atoms with Crippen LogP contribution in [0.3, 0.4) is 0 Å². The maximum Gasteiger partial charge on any atom is 0.271 e. The number of aryl methyl sites for hydroxylation is 1. The molecule has 1 aromatic heterocycles. The van der Waals surface area contributed by atoms with Crippen molar-refractivity contribution >= 4 is 57.7 Å². The van der Waals surface area contributed by atoms with Crippen molar-refractivity contribution in [3.05, 3.63) is 103 Å². The second-order valence-electron chi connectivity index (χ2n) is 8.91. The van der Waals surface area contributed by atoms with Gasteiger partial charge in [0.1, 0.15) is 16.0 Å². The largest absolute Gasteiger partial charge is 0.494 e. The highest BCUT2D eigenvalue weighted by molar-refractivity contribution is 8.26. The summed E-state index contributed by atoms with van der Waals surface area (Å²) in [7, 11) is 0. The van der Waals surface area contributed by atoms with E-state index in [4.69, 9.17) is 23.8 Å². The molecule has 198 valence electrons. The van der Waals surface area contributed by atoms with Crippen LogP contribution in [-0.2, 0) is 17.8 Å². The average Bonchev–Trinajstić information content (AvgIpc) is 3.18. The molecule has 7 nitrogen and oxygen atoms in total. The van der Waals surface area contributed by atoms with Crippen LogP contribution in [0.25, 0.3) is 6.08 Å². The van der Waals surface area contributed by atoms with Crippen molar-refractivity contribution in [2.75, 3.05) is 6.54 Å². The first-order valence-corrected chi connectivity index (χ1v) is 13.8. The Hall–Kier alpha value is -3.71. The van der Waals surface area contributed by atoms with E-state index in [0.717, 1.165) is 15.7 Å². The molecular formula is C29H24ClN3O4S2. The predicted octanol–water partition coefficient (Wildman–Crippen LogP) is 5.49. The Labute approximate surface area is 240 Å². The lowest BCUT2D eigenvalue weighted by Crippen LogP contribution is -2.30. The van der Waals surface area contributed by atoms with E-state index >= 15 is 0 Å². The lowest BCUT2D eigenvalue weighted by Gasteiger charge is -2.17. The van der Waals surface area contributed by atoms with Crippen LogP contribution in [0, 0.1) is 18.3 Å². The number of aromatic hydroxyl groups is 1. The minimum atomic E-state index is -0.634. The molecule has 3 aromatic rings. The van der Waals surface area contributed by atoms with Gasteiger partial charge in [-0.15, -0.1) is 0 Å². The highest BCUT2D eigenvalue weighted by atomic mass is 35.5. The molecule has 0 atom stereocenters. The summed E-state index contributed by atoms with van der Waals surface area (Å²) in [5.41, 5.74) is 1.06. The molecule has 1 amide bonds. The third-order valence-electron chi connectivity index (χ3n) is 6.37. The lowest BCUT2D eigenvalue weighted by atomic mass is 9.99. The zero-order chi connectivity index (χ0) is 28.1. The summed E-state index contributed by atoms with van der Waals surface area (Å²) in [5, 5.41) is 21.1. The zero-order valence-electron chi connectivity index (χ0n) is 21.0. The van der Waals surface area contributed by atoms with E-state index in [-0.39, 0.29) is 48.5 Å². The van der Waals surface area contributed by atoms with Gasteiger partial charge in [0, 0.05) is 24.5 Å². The standard InChI is InChI=1S/C29H24ClN3O4S2/c1-18-22(17-31)26(35)32(15-13-19-6-3-2-4-7-19)28(37)25(18)23(34)8-5-14-33-27(36)24(39-29(33)38)16-20-9-11-21(30)12-10-20/h2-4,6-7,9-12,16,37H,5,8,13-15H2,1H3/b24-16-. The van der Waals surface area contributed by atoms with Gasteiger partial charge in [-0.05, 0) is 54.7 Å². The van der Waals surface area contributed by atoms with Crippen molar-refractivity contribution in [3.8, 4) is 11.9 Å². The number of ketones is 1. The number of rotatable bonds is 9. The molecule has 1 N–H and O–H groups in total. The van der Waals surface area contributed by atoms with Crippen LogP contribution >= 0.6 is 35.6 Å².